The van der Waals surface area contributed by atoms with Crippen LogP contribution in [0, 0.1) is 18.3 Å². The minimum absolute atomic E-state index is 0.220. The van der Waals surface area contributed by atoms with Gasteiger partial charge in [-0.2, -0.15) is 5.26 Å². The van der Waals surface area contributed by atoms with Crippen LogP contribution in [0.1, 0.15) is 27.9 Å². The number of thiazole rings is 1. The number of carbonyl (C=O) groups is 2. The number of nitrogens with zero attached hydrogens (tertiary/aromatic N) is 3. The van der Waals surface area contributed by atoms with Crippen molar-refractivity contribution in [1.29, 1.82) is 5.26 Å². The molecule has 146 valence electrons. The van der Waals surface area contributed by atoms with Crippen LogP contribution in [0.3, 0.4) is 0 Å². The average Bonchev–Trinajstić information content (AvgIpc) is 3.10. The van der Waals surface area contributed by atoms with Crippen molar-refractivity contribution in [3.05, 3.63) is 63.8 Å². The van der Waals surface area contributed by atoms with Crippen LogP contribution in [0.15, 0.2) is 42.6 Å². The topological polar surface area (TPSA) is 105 Å². The minimum atomic E-state index is -1.04. The van der Waals surface area contributed by atoms with Crippen LogP contribution in [0.25, 0.3) is 10.7 Å². The summed E-state index contributed by atoms with van der Waals surface area (Å²) in [4.78, 5) is 33.7. The molecular formula is C20H15ClN4O3S. The fraction of sp³-hybridized carbons (Fsp3) is 0.150. The van der Waals surface area contributed by atoms with Crippen molar-refractivity contribution in [2.24, 2.45) is 0 Å². The van der Waals surface area contributed by atoms with E-state index in [1.807, 2.05) is 12.1 Å². The van der Waals surface area contributed by atoms with E-state index in [0.29, 0.717) is 32.5 Å². The maximum atomic E-state index is 12.5. The van der Waals surface area contributed by atoms with Crippen molar-refractivity contribution in [3.8, 4) is 16.8 Å². The van der Waals surface area contributed by atoms with Crippen LogP contribution in [-0.4, -0.2) is 27.9 Å². The molecule has 29 heavy (non-hydrogen) atoms. The zero-order chi connectivity index (χ0) is 21.0. The summed E-state index contributed by atoms with van der Waals surface area (Å²) in [6, 6.07) is 11.9. The van der Waals surface area contributed by atoms with Crippen LogP contribution < -0.4 is 5.32 Å². The van der Waals surface area contributed by atoms with E-state index in [1.165, 1.54) is 19.1 Å². The van der Waals surface area contributed by atoms with Gasteiger partial charge in [-0.15, -0.1) is 11.3 Å². The van der Waals surface area contributed by atoms with Crippen molar-refractivity contribution >= 4 is 40.5 Å². The molecule has 0 aliphatic rings. The van der Waals surface area contributed by atoms with Gasteiger partial charge in [0.15, 0.2) is 6.10 Å². The first-order valence-corrected chi connectivity index (χ1v) is 9.69. The lowest BCUT2D eigenvalue weighted by atomic mass is 10.2. The first-order chi connectivity index (χ1) is 13.9. The Labute approximate surface area is 175 Å². The molecule has 0 bridgehead atoms. The average molecular weight is 427 g/mol. The summed E-state index contributed by atoms with van der Waals surface area (Å²) < 4.78 is 5.29. The molecule has 1 amide bonds. The van der Waals surface area contributed by atoms with Gasteiger partial charge < -0.3 is 10.1 Å². The number of carbonyl (C=O) groups excluding carboxylic acids is 2. The number of nitriles is 1. The molecule has 2 aromatic heterocycles. The number of aryl methyl sites for hydroxylation is 1. The largest absolute Gasteiger partial charge is 0.448 e. The number of hydrogen-bond acceptors (Lipinski definition) is 7. The number of esters is 1. The SMILES string of the molecule is Cc1nc(-c2ccccn2)sc1C(=O)OC(C)C(=O)Nc1ccc(C#N)c(Cl)c1. The molecule has 2 heterocycles. The van der Waals surface area contributed by atoms with Crippen molar-refractivity contribution in [1.82, 2.24) is 9.97 Å². The Balaban J connectivity index is 1.67. The molecule has 1 N–H and O–H groups in total. The van der Waals surface area contributed by atoms with Gasteiger partial charge in [0.25, 0.3) is 5.91 Å². The zero-order valence-corrected chi connectivity index (χ0v) is 17.0. The monoisotopic (exact) mass is 426 g/mol. The summed E-state index contributed by atoms with van der Waals surface area (Å²) in [7, 11) is 0. The van der Waals surface area contributed by atoms with E-state index < -0.39 is 18.0 Å². The molecule has 0 radical (unpaired) electrons. The Kier molecular flexibility index (Phi) is 6.22. The number of pyridine rings is 1. The molecule has 0 saturated heterocycles. The highest BCUT2D eigenvalue weighted by Gasteiger charge is 2.23. The van der Waals surface area contributed by atoms with Gasteiger partial charge in [-0.05, 0) is 44.2 Å². The molecule has 9 heteroatoms. The summed E-state index contributed by atoms with van der Waals surface area (Å²) in [6.45, 7) is 3.16. The highest BCUT2D eigenvalue weighted by Crippen LogP contribution is 2.27. The maximum Gasteiger partial charge on any atom is 0.351 e. The number of amides is 1. The number of ether oxygens (including phenoxy) is 1. The number of hydrogen-bond donors (Lipinski definition) is 1. The van der Waals surface area contributed by atoms with E-state index in [4.69, 9.17) is 21.6 Å². The van der Waals surface area contributed by atoms with Crippen molar-refractivity contribution in [3.63, 3.8) is 0 Å². The van der Waals surface area contributed by atoms with Crippen molar-refractivity contribution < 1.29 is 14.3 Å². The third kappa shape index (κ3) is 4.77. The molecule has 1 unspecified atom stereocenters. The first-order valence-electron chi connectivity index (χ1n) is 8.49. The van der Waals surface area contributed by atoms with E-state index in [-0.39, 0.29) is 5.02 Å². The van der Waals surface area contributed by atoms with Gasteiger partial charge in [-0.3, -0.25) is 9.78 Å². The summed E-state index contributed by atoms with van der Waals surface area (Å²) in [5.74, 6) is -1.16. The lowest BCUT2D eigenvalue weighted by Gasteiger charge is -2.13. The highest BCUT2D eigenvalue weighted by atomic mass is 35.5. The molecule has 0 aliphatic carbocycles. The van der Waals surface area contributed by atoms with Crippen molar-refractivity contribution in [2.75, 3.05) is 5.32 Å². The standard InChI is InChI=1S/C20H15ClN4O3S/c1-11-17(29-19(24-11)16-5-3-4-8-23-16)20(27)28-12(2)18(26)25-14-7-6-13(10-22)15(21)9-14/h3-9,12H,1-2H3,(H,25,26). The van der Waals surface area contributed by atoms with Gasteiger partial charge in [0.2, 0.25) is 0 Å². The molecule has 0 aliphatic heterocycles. The summed E-state index contributed by atoms with van der Waals surface area (Å²) in [6.07, 6.45) is 0.600. The summed E-state index contributed by atoms with van der Waals surface area (Å²) in [5.41, 5.74) is 1.86. The second-order valence-corrected chi connectivity index (χ2v) is 7.40. The molecule has 0 saturated carbocycles. The smallest absolute Gasteiger partial charge is 0.351 e. The zero-order valence-electron chi connectivity index (χ0n) is 15.5. The quantitative estimate of drug-likeness (QED) is 0.612. The fourth-order valence-electron chi connectivity index (χ4n) is 2.38. The normalized spacial score (nSPS) is 11.4. The molecule has 3 aromatic rings. The van der Waals surface area contributed by atoms with Crippen LogP contribution in [0.4, 0.5) is 5.69 Å². The van der Waals surface area contributed by atoms with Crippen LogP contribution in [-0.2, 0) is 9.53 Å². The molecule has 0 spiro atoms. The third-order valence-electron chi connectivity index (χ3n) is 3.88. The van der Waals surface area contributed by atoms with Gasteiger partial charge in [-0.1, -0.05) is 17.7 Å². The van der Waals surface area contributed by atoms with Gasteiger partial charge in [0.05, 0.1) is 22.0 Å². The number of benzene rings is 1. The van der Waals surface area contributed by atoms with Gasteiger partial charge in [0, 0.05) is 11.9 Å². The van der Waals surface area contributed by atoms with Gasteiger partial charge in [-0.25, -0.2) is 9.78 Å². The van der Waals surface area contributed by atoms with Gasteiger partial charge >= 0.3 is 5.97 Å². The number of aromatic nitrogens is 2. The molecule has 1 aromatic carbocycles. The third-order valence-corrected chi connectivity index (χ3v) is 5.35. The Morgan fingerprint density at radius 1 is 1.31 bits per heavy atom. The number of halogens is 1. The maximum absolute atomic E-state index is 12.5. The Bertz CT molecular complexity index is 1110. The lowest BCUT2D eigenvalue weighted by molar-refractivity contribution is -0.123. The predicted molar refractivity (Wildman–Crippen MR) is 110 cm³/mol. The van der Waals surface area contributed by atoms with Gasteiger partial charge in [0.1, 0.15) is 16.0 Å². The van der Waals surface area contributed by atoms with Crippen LogP contribution in [0.2, 0.25) is 5.02 Å². The summed E-state index contributed by atoms with van der Waals surface area (Å²) in [5, 5.41) is 12.3. The number of anilines is 1. The second-order valence-electron chi connectivity index (χ2n) is 5.99. The van der Waals surface area contributed by atoms with E-state index in [1.54, 1.807) is 31.3 Å². The van der Waals surface area contributed by atoms with Crippen LogP contribution in [0.5, 0.6) is 0 Å². The predicted octanol–water partition coefficient (Wildman–Crippen LogP) is 4.22. The number of rotatable bonds is 5. The molecule has 7 nitrogen and oxygen atoms in total. The Hall–Kier alpha value is -3.28. The molecule has 1 atom stereocenters. The first kappa shape index (κ1) is 20.5. The molecular weight excluding hydrogens is 412 g/mol. The van der Waals surface area contributed by atoms with E-state index in [2.05, 4.69) is 15.3 Å². The second kappa shape index (κ2) is 8.82. The van der Waals surface area contributed by atoms with Crippen molar-refractivity contribution in [2.45, 2.75) is 20.0 Å². The molecule has 3 rings (SSSR count). The Morgan fingerprint density at radius 2 is 2.10 bits per heavy atom. The Morgan fingerprint density at radius 3 is 2.76 bits per heavy atom. The fourth-order valence-corrected chi connectivity index (χ4v) is 3.53. The molecule has 0 fully saturated rings. The summed E-state index contributed by atoms with van der Waals surface area (Å²) >= 11 is 7.11. The van der Waals surface area contributed by atoms with E-state index >= 15 is 0 Å². The van der Waals surface area contributed by atoms with Crippen LogP contribution >= 0.6 is 22.9 Å². The van der Waals surface area contributed by atoms with E-state index in [0.717, 1.165) is 11.3 Å². The van der Waals surface area contributed by atoms with E-state index in [9.17, 15) is 9.59 Å². The lowest BCUT2D eigenvalue weighted by Crippen LogP contribution is -2.30. The highest BCUT2D eigenvalue weighted by molar-refractivity contribution is 7.17. The number of nitrogens with one attached hydrogen (secondary N) is 1. The minimum Gasteiger partial charge on any atom is -0.448 e.